The van der Waals surface area contributed by atoms with Crippen molar-refractivity contribution in [3.8, 4) is 17.6 Å². The molecule has 2 atom stereocenters. The van der Waals surface area contributed by atoms with E-state index in [1.54, 1.807) is 30.3 Å². The van der Waals surface area contributed by atoms with E-state index in [-0.39, 0.29) is 23.4 Å². The van der Waals surface area contributed by atoms with Gasteiger partial charge in [-0.2, -0.15) is 13.2 Å². The number of methoxy groups -OCH3 is 1. The van der Waals surface area contributed by atoms with Crippen molar-refractivity contribution in [2.75, 3.05) is 44.4 Å². The van der Waals surface area contributed by atoms with Gasteiger partial charge in [0.2, 0.25) is 0 Å². The van der Waals surface area contributed by atoms with Gasteiger partial charge in [-0.05, 0) is 48.7 Å². The number of alkyl halides is 4. The van der Waals surface area contributed by atoms with E-state index in [2.05, 4.69) is 22.5 Å². The molecule has 1 aliphatic rings. The third-order valence-electron chi connectivity index (χ3n) is 7.97. The summed E-state index contributed by atoms with van der Waals surface area (Å²) >= 11 is 1.19. The number of fused-ring (bicyclic) bond motifs is 1. The van der Waals surface area contributed by atoms with Crippen LogP contribution < -0.4 is 20.7 Å². The van der Waals surface area contributed by atoms with Gasteiger partial charge in [0.1, 0.15) is 19.1 Å². The topological polar surface area (TPSA) is 53.6 Å². The molecule has 2 heterocycles. The Labute approximate surface area is 255 Å². The molecule has 11 heteroatoms. The molecular formula is C32H40F4N3O2PS. The summed E-state index contributed by atoms with van der Waals surface area (Å²) in [5, 5.41) is 7.67. The van der Waals surface area contributed by atoms with Crippen molar-refractivity contribution in [3.05, 3.63) is 46.8 Å². The summed E-state index contributed by atoms with van der Waals surface area (Å²) in [7, 11) is 0.745. The SMILES string of the molecule is COc1cc(P(=O)(C(C)C)C(C)C)ccc1NCC#Cc1sc2c(N[C@H]3CCN(C)C[C@@H]3F)cccc2c1CC(F)(F)F. The van der Waals surface area contributed by atoms with Crippen LogP contribution in [0.3, 0.4) is 0 Å². The third kappa shape index (κ3) is 7.50. The van der Waals surface area contributed by atoms with E-state index in [0.29, 0.717) is 45.1 Å². The molecule has 2 aromatic carbocycles. The lowest BCUT2D eigenvalue weighted by molar-refractivity contribution is -0.126. The fourth-order valence-corrected chi connectivity index (χ4v) is 9.86. The third-order valence-corrected chi connectivity index (χ3v) is 13.3. The molecular weight excluding hydrogens is 597 g/mol. The van der Waals surface area contributed by atoms with Crippen molar-refractivity contribution in [3.63, 3.8) is 0 Å². The molecule has 43 heavy (non-hydrogen) atoms. The normalized spacial score (nSPS) is 18.1. The van der Waals surface area contributed by atoms with Crippen molar-refractivity contribution in [2.45, 2.75) is 70.2 Å². The average molecular weight is 638 g/mol. The van der Waals surface area contributed by atoms with Crippen molar-refractivity contribution in [2.24, 2.45) is 0 Å². The summed E-state index contributed by atoms with van der Waals surface area (Å²) in [6.45, 7) is 9.05. The van der Waals surface area contributed by atoms with E-state index in [0.717, 1.165) is 11.8 Å². The lowest BCUT2D eigenvalue weighted by Crippen LogP contribution is -2.46. The Bertz CT molecular complexity index is 1530. The first-order valence-corrected chi connectivity index (χ1v) is 17.1. The Morgan fingerprint density at radius 1 is 1.14 bits per heavy atom. The van der Waals surface area contributed by atoms with Crippen LogP contribution in [0.5, 0.6) is 5.75 Å². The van der Waals surface area contributed by atoms with E-state index in [1.807, 2.05) is 45.7 Å². The second-order valence-corrected chi connectivity index (χ2v) is 16.7. The van der Waals surface area contributed by atoms with E-state index in [9.17, 15) is 22.1 Å². The molecule has 1 aromatic heterocycles. The quantitative estimate of drug-likeness (QED) is 0.143. The molecule has 0 spiro atoms. The summed E-state index contributed by atoms with van der Waals surface area (Å²) in [6, 6.07) is 10.2. The van der Waals surface area contributed by atoms with Crippen LogP contribution >= 0.6 is 18.5 Å². The molecule has 1 fully saturated rings. The lowest BCUT2D eigenvalue weighted by Gasteiger charge is -2.33. The highest BCUT2D eigenvalue weighted by Crippen LogP contribution is 2.54. The number of likely N-dealkylation sites (tertiary alicyclic amines) is 1. The largest absolute Gasteiger partial charge is 0.495 e. The van der Waals surface area contributed by atoms with E-state index >= 15 is 0 Å². The molecule has 234 valence electrons. The highest BCUT2D eigenvalue weighted by atomic mass is 32.1. The second-order valence-electron chi connectivity index (χ2n) is 11.6. The number of benzene rings is 2. The molecule has 0 bridgehead atoms. The molecule has 0 aliphatic carbocycles. The summed E-state index contributed by atoms with van der Waals surface area (Å²) in [5.74, 6) is 6.45. The number of piperidine rings is 1. The zero-order chi connectivity index (χ0) is 31.5. The van der Waals surface area contributed by atoms with Crippen LogP contribution in [0.1, 0.15) is 44.6 Å². The maximum Gasteiger partial charge on any atom is 0.393 e. The highest BCUT2D eigenvalue weighted by Gasteiger charge is 2.34. The molecule has 1 saturated heterocycles. The molecule has 4 rings (SSSR count). The van der Waals surface area contributed by atoms with Gasteiger partial charge < -0.3 is 24.8 Å². The van der Waals surface area contributed by atoms with Gasteiger partial charge in [0.05, 0.1) is 47.1 Å². The number of anilines is 2. The van der Waals surface area contributed by atoms with Crippen LogP contribution in [0.4, 0.5) is 28.9 Å². The number of nitrogens with zero attached hydrogens (tertiary/aromatic N) is 1. The van der Waals surface area contributed by atoms with E-state index < -0.39 is 32.0 Å². The molecule has 3 aromatic rings. The monoisotopic (exact) mass is 637 g/mol. The molecule has 0 saturated carbocycles. The van der Waals surface area contributed by atoms with E-state index in [4.69, 9.17) is 4.74 Å². The van der Waals surface area contributed by atoms with Crippen molar-refractivity contribution in [1.29, 1.82) is 0 Å². The summed E-state index contributed by atoms with van der Waals surface area (Å²) in [6.07, 6.45) is -5.99. The first-order chi connectivity index (χ1) is 20.2. The smallest absolute Gasteiger partial charge is 0.393 e. The fourth-order valence-electron chi connectivity index (χ4n) is 5.68. The maximum absolute atomic E-state index is 14.7. The minimum absolute atomic E-state index is 0.0208. The van der Waals surface area contributed by atoms with Crippen LogP contribution in [0, 0.1) is 11.8 Å². The Balaban J connectivity index is 1.60. The van der Waals surface area contributed by atoms with Crippen LogP contribution in [0.15, 0.2) is 36.4 Å². The van der Waals surface area contributed by atoms with Gasteiger partial charge >= 0.3 is 6.18 Å². The Hall–Kier alpha value is -2.73. The fraction of sp³-hybridized carbons (Fsp3) is 0.500. The van der Waals surface area contributed by atoms with Gasteiger partial charge in [-0.15, -0.1) is 11.3 Å². The Kier molecular flexibility index (Phi) is 10.4. The highest BCUT2D eigenvalue weighted by molar-refractivity contribution is 7.72. The zero-order valence-electron chi connectivity index (χ0n) is 25.4. The summed E-state index contributed by atoms with van der Waals surface area (Å²) < 4.78 is 75.6. The number of hydrogen-bond acceptors (Lipinski definition) is 6. The first kappa shape index (κ1) is 33.2. The standard InChI is InChI=1S/C32H40F4N3O2PS/c1-20(2)42(40,21(3)4)22-12-13-27(29(17-22)41-6)37-15-8-11-30-24(18-32(34,35)36)23-9-7-10-28(31(23)43-30)38-26-14-16-39(5)19-25(26)33/h7,9-10,12-13,17,20-21,25-26,37-38H,14-16,18-19H2,1-6H3/t25-,26-/m0/s1. The van der Waals surface area contributed by atoms with Gasteiger partial charge in [0.15, 0.2) is 0 Å². The Morgan fingerprint density at radius 2 is 1.86 bits per heavy atom. The number of halogens is 4. The first-order valence-electron chi connectivity index (χ1n) is 14.5. The number of nitrogens with one attached hydrogen (secondary N) is 2. The Morgan fingerprint density at radius 3 is 2.49 bits per heavy atom. The molecule has 0 radical (unpaired) electrons. The number of thiophene rings is 1. The van der Waals surface area contributed by atoms with Crippen LogP contribution in [-0.2, 0) is 11.0 Å². The van der Waals surface area contributed by atoms with Crippen LogP contribution in [0.25, 0.3) is 10.1 Å². The zero-order valence-corrected chi connectivity index (χ0v) is 27.2. The number of ether oxygens (including phenoxy) is 1. The van der Waals surface area contributed by atoms with Gasteiger partial charge in [0, 0.05) is 29.7 Å². The van der Waals surface area contributed by atoms with Gasteiger partial charge in [-0.1, -0.05) is 51.7 Å². The predicted octanol–water partition coefficient (Wildman–Crippen LogP) is 7.74. The summed E-state index contributed by atoms with van der Waals surface area (Å²) in [5.41, 5.74) is 1.36. The molecule has 1 aliphatic heterocycles. The lowest BCUT2D eigenvalue weighted by atomic mass is 10.0. The van der Waals surface area contributed by atoms with Crippen molar-refractivity contribution in [1.82, 2.24) is 4.90 Å². The second kappa shape index (κ2) is 13.5. The number of hydrogen-bond donors (Lipinski definition) is 2. The minimum atomic E-state index is -4.41. The van der Waals surface area contributed by atoms with Crippen molar-refractivity contribution >= 4 is 45.2 Å². The van der Waals surface area contributed by atoms with Gasteiger partial charge in [-0.25, -0.2) is 4.39 Å². The van der Waals surface area contributed by atoms with Crippen LogP contribution in [0.2, 0.25) is 0 Å². The number of rotatable bonds is 9. The van der Waals surface area contributed by atoms with Gasteiger partial charge in [-0.3, -0.25) is 0 Å². The maximum atomic E-state index is 14.7. The van der Waals surface area contributed by atoms with Crippen molar-refractivity contribution < 1.29 is 26.9 Å². The molecule has 2 N–H and O–H groups in total. The van der Waals surface area contributed by atoms with Crippen LogP contribution in [-0.4, -0.2) is 68.4 Å². The van der Waals surface area contributed by atoms with E-state index in [1.165, 1.54) is 18.4 Å². The predicted molar refractivity (Wildman–Crippen MR) is 172 cm³/mol. The molecule has 0 amide bonds. The molecule has 0 unspecified atom stereocenters. The van der Waals surface area contributed by atoms with Gasteiger partial charge in [0.25, 0.3) is 0 Å². The minimum Gasteiger partial charge on any atom is -0.495 e. The summed E-state index contributed by atoms with van der Waals surface area (Å²) in [4.78, 5) is 2.26. The molecule has 5 nitrogen and oxygen atoms in total. The average Bonchev–Trinajstić information content (AvgIpc) is 3.28.